The van der Waals surface area contributed by atoms with E-state index in [0.717, 1.165) is 16.5 Å². The molecule has 34 heavy (non-hydrogen) atoms. The van der Waals surface area contributed by atoms with Crippen LogP contribution in [-0.4, -0.2) is 29.8 Å². The number of nitrogens with two attached hydrogens (primary N) is 1. The van der Waals surface area contributed by atoms with E-state index in [1.807, 2.05) is 49.4 Å². The second-order valence-electron chi connectivity index (χ2n) is 8.07. The lowest BCUT2D eigenvalue weighted by Crippen LogP contribution is -2.39. The number of rotatable bonds is 8. The number of aromatic amines is 1. The zero-order chi connectivity index (χ0) is 24.2. The molecule has 0 spiro atoms. The van der Waals surface area contributed by atoms with Crippen molar-refractivity contribution in [2.45, 2.75) is 20.0 Å². The molecule has 9 nitrogen and oxygen atoms in total. The SMILES string of the molecule is COCCN(Cc1cc(=O)oc2cc(C)ccc12)c1c(N)n(Cc2ccccc2)c(=O)[nH]c1=O. The Morgan fingerprint density at radius 1 is 1.09 bits per heavy atom. The van der Waals surface area contributed by atoms with E-state index in [1.165, 1.54) is 10.6 Å². The highest BCUT2D eigenvalue weighted by Crippen LogP contribution is 2.24. The molecule has 2 heterocycles. The van der Waals surface area contributed by atoms with E-state index < -0.39 is 16.9 Å². The molecule has 0 atom stereocenters. The molecule has 0 radical (unpaired) electrons. The first-order valence-electron chi connectivity index (χ1n) is 10.8. The molecule has 0 bridgehead atoms. The maximum atomic E-state index is 12.9. The molecule has 2 aromatic carbocycles. The predicted octanol–water partition coefficient (Wildman–Crippen LogP) is 2.23. The first-order chi connectivity index (χ1) is 16.4. The van der Waals surface area contributed by atoms with Crippen LogP contribution in [0.2, 0.25) is 0 Å². The van der Waals surface area contributed by atoms with Crippen molar-refractivity contribution >= 4 is 22.5 Å². The molecule has 4 rings (SSSR count). The number of hydrogen-bond donors (Lipinski definition) is 2. The van der Waals surface area contributed by atoms with Gasteiger partial charge in [-0.1, -0.05) is 42.5 Å². The molecular weight excluding hydrogens is 436 g/mol. The Morgan fingerprint density at radius 3 is 2.59 bits per heavy atom. The molecule has 0 aliphatic rings. The fourth-order valence-corrected chi connectivity index (χ4v) is 3.95. The second kappa shape index (κ2) is 9.80. The Morgan fingerprint density at radius 2 is 1.85 bits per heavy atom. The smallest absolute Gasteiger partial charge is 0.336 e. The van der Waals surface area contributed by atoms with Gasteiger partial charge in [0.05, 0.1) is 13.2 Å². The van der Waals surface area contributed by atoms with Crippen LogP contribution in [0.4, 0.5) is 11.5 Å². The third kappa shape index (κ3) is 4.79. The predicted molar refractivity (Wildman–Crippen MR) is 131 cm³/mol. The minimum atomic E-state index is -0.606. The van der Waals surface area contributed by atoms with Crippen molar-refractivity contribution < 1.29 is 9.15 Å². The van der Waals surface area contributed by atoms with Crippen LogP contribution in [0.1, 0.15) is 16.7 Å². The summed E-state index contributed by atoms with van der Waals surface area (Å²) in [4.78, 5) is 41.8. The number of nitrogens with zero attached hydrogens (tertiary/aromatic N) is 2. The number of aryl methyl sites for hydroxylation is 1. The summed E-state index contributed by atoms with van der Waals surface area (Å²) < 4.78 is 11.9. The van der Waals surface area contributed by atoms with Crippen molar-refractivity contribution in [3.05, 3.63) is 103 Å². The summed E-state index contributed by atoms with van der Waals surface area (Å²) in [5, 5.41) is 0.750. The van der Waals surface area contributed by atoms with Gasteiger partial charge < -0.3 is 19.8 Å². The van der Waals surface area contributed by atoms with Crippen LogP contribution in [0, 0.1) is 6.92 Å². The van der Waals surface area contributed by atoms with E-state index in [-0.39, 0.29) is 24.6 Å². The van der Waals surface area contributed by atoms with Gasteiger partial charge in [0.1, 0.15) is 17.1 Å². The van der Waals surface area contributed by atoms with E-state index in [0.29, 0.717) is 24.3 Å². The van der Waals surface area contributed by atoms with Crippen molar-refractivity contribution in [1.82, 2.24) is 9.55 Å². The fraction of sp³-hybridized carbons (Fsp3) is 0.240. The van der Waals surface area contributed by atoms with Gasteiger partial charge in [-0.3, -0.25) is 14.3 Å². The van der Waals surface area contributed by atoms with E-state index in [4.69, 9.17) is 14.9 Å². The van der Waals surface area contributed by atoms with Gasteiger partial charge in [0, 0.05) is 31.7 Å². The molecule has 0 saturated carbocycles. The van der Waals surface area contributed by atoms with Crippen molar-refractivity contribution in [3.8, 4) is 0 Å². The molecule has 3 N–H and O–H groups in total. The lowest BCUT2D eigenvalue weighted by Gasteiger charge is -2.26. The normalized spacial score (nSPS) is 11.1. The Bertz CT molecular complexity index is 1490. The van der Waals surface area contributed by atoms with E-state index in [9.17, 15) is 14.4 Å². The monoisotopic (exact) mass is 462 g/mol. The van der Waals surface area contributed by atoms with E-state index in [1.54, 1.807) is 18.1 Å². The van der Waals surface area contributed by atoms with Gasteiger partial charge in [-0.05, 0) is 29.7 Å². The van der Waals surface area contributed by atoms with Gasteiger partial charge in [0.25, 0.3) is 5.56 Å². The first kappa shape index (κ1) is 23.1. The van der Waals surface area contributed by atoms with Crippen LogP contribution in [0.3, 0.4) is 0 Å². The third-order valence-electron chi connectivity index (χ3n) is 5.63. The van der Waals surface area contributed by atoms with E-state index in [2.05, 4.69) is 4.98 Å². The number of fused-ring (bicyclic) bond motifs is 1. The van der Waals surface area contributed by atoms with Gasteiger partial charge in [-0.2, -0.15) is 0 Å². The Hall–Kier alpha value is -4.11. The zero-order valence-corrected chi connectivity index (χ0v) is 19.0. The molecule has 0 saturated heterocycles. The summed E-state index contributed by atoms with van der Waals surface area (Å²) in [6.07, 6.45) is 0. The molecule has 2 aromatic heterocycles. The van der Waals surface area contributed by atoms with Gasteiger partial charge in [0.15, 0.2) is 0 Å². The highest BCUT2D eigenvalue weighted by Gasteiger charge is 2.21. The van der Waals surface area contributed by atoms with Crippen molar-refractivity contribution in [2.75, 3.05) is 30.9 Å². The first-order valence-corrected chi connectivity index (χ1v) is 10.8. The molecule has 0 aliphatic heterocycles. The number of anilines is 2. The van der Waals surface area contributed by atoms with Crippen LogP contribution in [-0.2, 0) is 17.8 Å². The number of benzene rings is 2. The lowest BCUT2D eigenvalue weighted by molar-refractivity contribution is 0.205. The van der Waals surface area contributed by atoms with Crippen LogP contribution in [0.25, 0.3) is 11.0 Å². The molecule has 176 valence electrons. The Kier molecular flexibility index (Phi) is 6.65. The topological polar surface area (TPSA) is 124 Å². The summed E-state index contributed by atoms with van der Waals surface area (Å²) in [7, 11) is 1.55. The van der Waals surface area contributed by atoms with Crippen LogP contribution in [0.15, 0.2) is 73.4 Å². The number of H-pyrrole nitrogens is 1. The maximum absolute atomic E-state index is 12.9. The van der Waals surface area contributed by atoms with Crippen LogP contribution >= 0.6 is 0 Å². The average molecular weight is 463 g/mol. The zero-order valence-electron chi connectivity index (χ0n) is 19.0. The Labute approximate surface area is 195 Å². The average Bonchev–Trinajstić information content (AvgIpc) is 2.80. The minimum absolute atomic E-state index is 0.0387. The number of hydrogen-bond acceptors (Lipinski definition) is 7. The summed E-state index contributed by atoms with van der Waals surface area (Å²) in [6.45, 7) is 2.90. The number of aromatic nitrogens is 2. The highest BCUT2D eigenvalue weighted by molar-refractivity contribution is 5.81. The maximum Gasteiger partial charge on any atom is 0.336 e. The van der Waals surface area contributed by atoms with Crippen molar-refractivity contribution in [3.63, 3.8) is 0 Å². The quantitative estimate of drug-likeness (QED) is 0.385. The van der Waals surface area contributed by atoms with Crippen LogP contribution in [0.5, 0.6) is 0 Å². The highest BCUT2D eigenvalue weighted by atomic mass is 16.5. The molecule has 0 aliphatic carbocycles. The lowest BCUT2D eigenvalue weighted by atomic mass is 10.1. The van der Waals surface area contributed by atoms with Crippen LogP contribution < -0.4 is 27.5 Å². The van der Waals surface area contributed by atoms with Gasteiger partial charge in [-0.25, -0.2) is 9.59 Å². The third-order valence-corrected chi connectivity index (χ3v) is 5.63. The molecule has 0 fully saturated rings. The van der Waals surface area contributed by atoms with Gasteiger partial charge in [-0.15, -0.1) is 0 Å². The summed E-state index contributed by atoms with van der Waals surface area (Å²) in [5.41, 5.74) is 7.80. The van der Waals surface area contributed by atoms with Gasteiger partial charge in [0.2, 0.25) is 0 Å². The molecule has 9 heteroatoms. The molecule has 0 amide bonds. The summed E-state index contributed by atoms with van der Waals surface area (Å²) in [5.74, 6) is 0.0387. The molecular formula is C25H26N4O5. The van der Waals surface area contributed by atoms with Gasteiger partial charge >= 0.3 is 11.3 Å². The number of nitrogen functional groups attached to an aromatic ring is 1. The fourth-order valence-electron chi connectivity index (χ4n) is 3.95. The molecule has 4 aromatic rings. The van der Waals surface area contributed by atoms with E-state index >= 15 is 0 Å². The number of ether oxygens (including phenoxy) is 1. The number of nitrogens with one attached hydrogen (secondary N) is 1. The number of methoxy groups -OCH3 is 1. The standard InChI is InChI=1S/C25H26N4O5/c1-16-8-9-19-18(13-21(30)34-20(19)12-16)15-28(10-11-33-2)22-23(26)29(25(32)27-24(22)31)14-17-6-4-3-5-7-17/h3-9,12-13H,10-11,14-15,26H2,1-2H3,(H,27,31,32). The van der Waals surface area contributed by atoms with Crippen molar-refractivity contribution in [2.24, 2.45) is 0 Å². The Balaban J connectivity index is 1.82. The van der Waals surface area contributed by atoms with Crippen molar-refractivity contribution in [1.29, 1.82) is 0 Å². The molecule has 0 unspecified atom stereocenters. The second-order valence-corrected chi connectivity index (χ2v) is 8.07. The largest absolute Gasteiger partial charge is 0.423 e. The summed E-state index contributed by atoms with van der Waals surface area (Å²) >= 11 is 0. The minimum Gasteiger partial charge on any atom is -0.423 e. The summed E-state index contributed by atoms with van der Waals surface area (Å²) in [6, 6.07) is 16.3.